The molecule has 0 atom stereocenters. The Labute approximate surface area is 167 Å². The maximum absolute atomic E-state index is 5.22. The van der Waals surface area contributed by atoms with E-state index >= 15 is 0 Å². The molecule has 0 saturated carbocycles. The zero-order valence-electron chi connectivity index (χ0n) is 15.6. The summed E-state index contributed by atoms with van der Waals surface area (Å²) in [4.78, 5) is 8.56. The van der Waals surface area contributed by atoms with Crippen molar-refractivity contribution in [2.75, 3.05) is 7.11 Å². The third-order valence-electron chi connectivity index (χ3n) is 4.24. The number of thioether (sulfide) groups is 1. The van der Waals surface area contributed by atoms with E-state index in [0.717, 1.165) is 22.3 Å². The number of ether oxygens (including phenoxy) is 1. The first-order valence-electron chi connectivity index (χ1n) is 8.79. The molecular formula is C21H19N5OS. The lowest BCUT2D eigenvalue weighted by Crippen LogP contribution is -2.01. The summed E-state index contributed by atoms with van der Waals surface area (Å²) in [6.45, 7) is 2.07. The van der Waals surface area contributed by atoms with E-state index in [1.165, 1.54) is 11.1 Å². The zero-order valence-corrected chi connectivity index (χ0v) is 16.4. The highest BCUT2D eigenvalue weighted by Gasteiger charge is 2.17. The molecule has 0 fully saturated rings. The smallest absolute Gasteiger partial charge is 0.196 e. The summed E-state index contributed by atoms with van der Waals surface area (Å²) in [6, 6.07) is 16.3. The number of benzene rings is 2. The molecule has 4 aromatic rings. The highest BCUT2D eigenvalue weighted by molar-refractivity contribution is 7.98. The molecule has 4 rings (SSSR count). The lowest BCUT2D eigenvalue weighted by molar-refractivity contribution is 0.414. The zero-order chi connectivity index (χ0) is 19.3. The van der Waals surface area contributed by atoms with E-state index in [-0.39, 0.29) is 0 Å². The van der Waals surface area contributed by atoms with Crippen LogP contribution in [0.3, 0.4) is 0 Å². The minimum atomic E-state index is 0.675. The first-order chi connectivity index (χ1) is 13.7. The van der Waals surface area contributed by atoms with Gasteiger partial charge in [-0.15, -0.1) is 10.2 Å². The van der Waals surface area contributed by atoms with Crippen molar-refractivity contribution >= 4 is 11.8 Å². The minimum absolute atomic E-state index is 0.675. The molecule has 0 aliphatic carbocycles. The average Bonchev–Trinajstić information content (AvgIpc) is 3.18. The van der Waals surface area contributed by atoms with Gasteiger partial charge >= 0.3 is 0 Å². The van der Waals surface area contributed by atoms with Crippen LogP contribution < -0.4 is 4.74 Å². The van der Waals surface area contributed by atoms with Crippen molar-refractivity contribution in [1.29, 1.82) is 0 Å². The van der Waals surface area contributed by atoms with Gasteiger partial charge in [-0.1, -0.05) is 41.6 Å². The van der Waals surface area contributed by atoms with Gasteiger partial charge in [0.05, 0.1) is 13.3 Å². The normalized spacial score (nSPS) is 10.8. The monoisotopic (exact) mass is 389 g/mol. The molecule has 0 amide bonds. The van der Waals surface area contributed by atoms with Crippen LogP contribution in [0, 0.1) is 6.92 Å². The molecule has 6 nitrogen and oxygen atoms in total. The van der Waals surface area contributed by atoms with E-state index in [0.29, 0.717) is 11.5 Å². The van der Waals surface area contributed by atoms with Gasteiger partial charge in [-0.25, -0.2) is 4.98 Å². The number of methoxy groups -OCH3 is 1. The van der Waals surface area contributed by atoms with Gasteiger partial charge in [0.1, 0.15) is 11.4 Å². The molecule has 140 valence electrons. The molecule has 0 radical (unpaired) electrons. The fraction of sp³-hybridized carbons (Fsp3) is 0.143. The van der Waals surface area contributed by atoms with Crippen molar-refractivity contribution < 1.29 is 4.74 Å². The van der Waals surface area contributed by atoms with Crippen LogP contribution in [-0.4, -0.2) is 31.8 Å². The van der Waals surface area contributed by atoms with Crippen molar-refractivity contribution in [2.24, 2.45) is 0 Å². The third kappa shape index (κ3) is 3.89. The van der Waals surface area contributed by atoms with Crippen LogP contribution in [0.4, 0.5) is 0 Å². The Kier molecular flexibility index (Phi) is 5.34. The number of nitrogens with zero attached hydrogens (tertiary/aromatic N) is 5. The summed E-state index contributed by atoms with van der Waals surface area (Å²) >= 11 is 1.63. The Morgan fingerprint density at radius 3 is 2.43 bits per heavy atom. The number of aryl methyl sites for hydroxylation is 1. The summed E-state index contributed by atoms with van der Waals surface area (Å²) in [5.74, 6) is 2.30. The molecular weight excluding hydrogens is 370 g/mol. The van der Waals surface area contributed by atoms with E-state index in [9.17, 15) is 0 Å². The summed E-state index contributed by atoms with van der Waals surface area (Å²) in [7, 11) is 1.67. The topological polar surface area (TPSA) is 65.7 Å². The maximum Gasteiger partial charge on any atom is 0.196 e. The van der Waals surface area contributed by atoms with E-state index < -0.39 is 0 Å². The summed E-state index contributed by atoms with van der Waals surface area (Å²) in [6.07, 6.45) is 5.01. The first kappa shape index (κ1) is 18.2. The quantitative estimate of drug-likeness (QED) is 0.457. The predicted molar refractivity (Wildman–Crippen MR) is 110 cm³/mol. The number of hydrogen-bond acceptors (Lipinski definition) is 6. The van der Waals surface area contributed by atoms with Crippen LogP contribution in [-0.2, 0) is 5.75 Å². The third-order valence-corrected chi connectivity index (χ3v) is 5.24. The Balaban J connectivity index is 1.68. The van der Waals surface area contributed by atoms with Crippen LogP contribution in [0.2, 0.25) is 0 Å². The highest BCUT2D eigenvalue weighted by Crippen LogP contribution is 2.29. The van der Waals surface area contributed by atoms with Gasteiger partial charge in [-0.3, -0.25) is 9.55 Å². The summed E-state index contributed by atoms with van der Waals surface area (Å²) in [5.41, 5.74) is 4.07. The molecule has 2 aromatic heterocycles. The van der Waals surface area contributed by atoms with Crippen LogP contribution in [0.5, 0.6) is 5.75 Å². The van der Waals surface area contributed by atoms with Crippen LogP contribution >= 0.6 is 11.8 Å². The Morgan fingerprint density at radius 1 is 0.964 bits per heavy atom. The van der Waals surface area contributed by atoms with Crippen LogP contribution in [0.1, 0.15) is 11.1 Å². The van der Waals surface area contributed by atoms with Gasteiger partial charge in [0.2, 0.25) is 0 Å². The van der Waals surface area contributed by atoms with Crippen LogP contribution in [0.25, 0.3) is 17.2 Å². The van der Waals surface area contributed by atoms with E-state index in [2.05, 4.69) is 63.5 Å². The molecule has 2 aromatic carbocycles. The van der Waals surface area contributed by atoms with Gasteiger partial charge in [0, 0.05) is 23.8 Å². The largest absolute Gasteiger partial charge is 0.497 e. The van der Waals surface area contributed by atoms with Crippen molar-refractivity contribution in [2.45, 2.75) is 17.8 Å². The Hall–Kier alpha value is -3.19. The van der Waals surface area contributed by atoms with Crippen LogP contribution in [0.15, 0.2) is 72.3 Å². The van der Waals surface area contributed by atoms with Gasteiger partial charge in [0.25, 0.3) is 0 Å². The summed E-state index contributed by atoms with van der Waals surface area (Å²) in [5, 5.41) is 9.62. The fourth-order valence-corrected chi connectivity index (χ4v) is 3.65. The molecule has 0 saturated heterocycles. The Morgan fingerprint density at radius 2 is 1.75 bits per heavy atom. The van der Waals surface area contributed by atoms with Gasteiger partial charge in [-0.2, -0.15) is 0 Å². The number of aromatic nitrogens is 5. The molecule has 7 heteroatoms. The molecule has 0 aliphatic rings. The summed E-state index contributed by atoms with van der Waals surface area (Å²) < 4.78 is 7.25. The van der Waals surface area contributed by atoms with Crippen molar-refractivity contribution in [1.82, 2.24) is 24.7 Å². The van der Waals surface area contributed by atoms with Crippen molar-refractivity contribution in [3.8, 4) is 23.0 Å². The second-order valence-electron chi connectivity index (χ2n) is 6.20. The average molecular weight is 389 g/mol. The SMILES string of the molecule is COc1ccc(CSc2nnc(-c3cnccn3)n2-c2ccc(C)cc2)cc1. The van der Waals surface area contributed by atoms with Crippen molar-refractivity contribution in [3.05, 3.63) is 78.2 Å². The molecule has 2 heterocycles. The number of hydrogen-bond donors (Lipinski definition) is 0. The first-order valence-corrected chi connectivity index (χ1v) is 9.78. The molecule has 0 unspecified atom stereocenters. The van der Waals surface area contributed by atoms with Gasteiger partial charge in [0.15, 0.2) is 11.0 Å². The number of rotatable bonds is 6. The second-order valence-corrected chi connectivity index (χ2v) is 7.15. The Bertz CT molecular complexity index is 1050. The second kappa shape index (κ2) is 8.22. The molecule has 0 aliphatic heterocycles. The van der Waals surface area contributed by atoms with Crippen molar-refractivity contribution in [3.63, 3.8) is 0 Å². The lowest BCUT2D eigenvalue weighted by atomic mass is 10.2. The molecule has 0 bridgehead atoms. The fourth-order valence-electron chi connectivity index (χ4n) is 2.74. The standard InChI is InChI=1S/C21H19N5OS/c1-15-3-7-17(8-4-15)26-20(19-13-22-11-12-23-19)24-25-21(26)28-14-16-5-9-18(27-2)10-6-16/h3-13H,14H2,1-2H3. The van der Waals surface area contributed by atoms with E-state index in [1.807, 2.05) is 16.7 Å². The van der Waals surface area contributed by atoms with Gasteiger partial charge in [-0.05, 0) is 36.8 Å². The molecule has 0 N–H and O–H groups in total. The van der Waals surface area contributed by atoms with E-state index in [1.54, 1.807) is 37.5 Å². The predicted octanol–water partition coefficient (Wildman–Crippen LogP) is 4.33. The minimum Gasteiger partial charge on any atom is -0.497 e. The lowest BCUT2D eigenvalue weighted by Gasteiger charge is -2.10. The van der Waals surface area contributed by atoms with Gasteiger partial charge < -0.3 is 4.74 Å². The molecule has 28 heavy (non-hydrogen) atoms. The highest BCUT2D eigenvalue weighted by atomic mass is 32.2. The maximum atomic E-state index is 5.22. The molecule has 0 spiro atoms. The van der Waals surface area contributed by atoms with E-state index in [4.69, 9.17) is 4.74 Å².